The second-order valence-electron chi connectivity index (χ2n) is 17.8. The summed E-state index contributed by atoms with van der Waals surface area (Å²) in [4.78, 5) is 12.8. The van der Waals surface area contributed by atoms with Crippen LogP contribution in [0.4, 0.5) is 0 Å². The number of aryl methyl sites for hydroxylation is 2. The van der Waals surface area contributed by atoms with Crippen molar-refractivity contribution in [2.24, 2.45) is 7.05 Å². The van der Waals surface area contributed by atoms with Crippen LogP contribution in [0.25, 0.3) is 0 Å². The fourth-order valence-electron chi connectivity index (χ4n) is 8.35. The van der Waals surface area contributed by atoms with Crippen LogP contribution in [0.2, 0.25) is 5.02 Å². The number of nitrogens with one attached hydrogen (secondary N) is 1. The molecule has 414 valence electrons. The van der Waals surface area contributed by atoms with Crippen molar-refractivity contribution in [1.82, 2.24) is 35.0 Å². The molecule has 1 aliphatic carbocycles. The Hall–Kier alpha value is -3.23. The summed E-state index contributed by atoms with van der Waals surface area (Å²) in [6.07, 6.45) is 8.04. The topological polar surface area (TPSA) is 201 Å². The SMILES string of the molecule is Cc1cc(C2CCC(N3CC(COCc4cn(CCOCCOCCOCCOCCOCCOCCOCCOCCOCCOCCOCCNC=O)nn4)OCC3Cc3ccc(Cl)cc3)CC2)nn1C. The van der Waals surface area contributed by atoms with Gasteiger partial charge in [0.1, 0.15) is 5.69 Å². The molecule has 5 rings (SSSR count). The first kappa shape index (κ1) is 60.6. The molecule has 2 aromatic heterocycles. The maximum Gasteiger partial charge on any atom is 0.207 e. The van der Waals surface area contributed by atoms with E-state index in [4.69, 9.17) is 78.3 Å². The fourth-order valence-corrected chi connectivity index (χ4v) is 8.47. The van der Waals surface area contributed by atoms with Gasteiger partial charge in [0.25, 0.3) is 0 Å². The predicted octanol–water partition coefficient (Wildman–Crippen LogP) is 3.46. The smallest absolute Gasteiger partial charge is 0.207 e. The number of carbonyl (C=O) groups excluding carboxylic acids is 1. The maximum atomic E-state index is 10.1. The van der Waals surface area contributed by atoms with Gasteiger partial charge in [-0.1, -0.05) is 28.9 Å². The zero-order chi connectivity index (χ0) is 51.2. The van der Waals surface area contributed by atoms with Gasteiger partial charge < -0.3 is 66.9 Å². The van der Waals surface area contributed by atoms with E-state index < -0.39 is 0 Å². The Balaban J connectivity index is 0.758. The number of hydrogen-bond donors (Lipinski definition) is 1. The lowest BCUT2D eigenvalue weighted by Gasteiger charge is -2.46. The van der Waals surface area contributed by atoms with Crippen LogP contribution in [0, 0.1) is 6.92 Å². The van der Waals surface area contributed by atoms with Crippen molar-refractivity contribution in [3.8, 4) is 0 Å². The van der Waals surface area contributed by atoms with Gasteiger partial charge in [-0.15, -0.1) is 5.10 Å². The van der Waals surface area contributed by atoms with Crippen molar-refractivity contribution in [3.63, 3.8) is 0 Å². The first-order valence-corrected chi connectivity index (χ1v) is 26.5. The third-order valence-corrected chi connectivity index (χ3v) is 12.6. The molecule has 73 heavy (non-hydrogen) atoms. The lowest BCUT2D eigenvalue weighted by Crippen LogP contribution is -2.56. The second-order valence-corrected chi connectivity index (χ2v) is 18.2. The Morgan fingerprint density at radius 1 is 0.671 bits per heavy atom. The number of nitrogens with zero attached hydrogens (tertiary/aromatic N) is 6. The van der Waals surface area contributed by atoms with Gasteiger partial charge in [-0.05, 0) is 62.8 Å². The largest absolute Gasteiger partial charge is 0.377 e. The van der Waals surface area contributed by atoms with Crippen molar-refractivity contribution in [2.75, 3.05) is 172 Å². The van der Waals surface area contributed by atoms with E-state index in [0.29, 0.717) is 203 Å². The molecule has 1 aliphatic heterocycles. The van der Waals surface area contributed by atoms with E-state index >= 15 is 0 Å². The van der Waals surface area contributed by atoms with Crippen LogP contribution in [0.1, 0.15) is 54.2 Å². The van der Waals surface area contributed by atoms with Gasteiger partial charge in [-0.25, -0.2) is 4.68 Å². The van der Waals surface area contributed by atoms with Crippen molar-refractivity contribution < 1.29 is 66.4 Å². The fraction of sp³-hybridized carbons (Fsp3) is 0.765. The molecular weight excluding hydrogens is 970 g/mol. The van der Waals surface area contributed by atoms with Crippen LogP contribution in [0.3, 0.4) is 0 Å². The summed E-state index contributed by atoms with van der Waals surface area (Å²) < 4.78 is 77.0. The summed E-state index contributed by atoms with van der Waals surface area (Å²) >= 11 is 6.20. The van der Waals surface area contributed by atoms with E-state index in [1.165, 1.54) is 17.0 Å². The third kappa shape index (κ3) is 26.9. The van der Waals surface area contributed by atoms with Gasteiger partial charge in [-0.3, -0.25) is 14.4 Å². The van der Waals surface area contributed by atoms with E-state index in [2.05, 4.69) is 45.7 Å². The quantitative estimate of drug-likeness (QED) is 0.0637. The molecule has 2 atom stereocenters. The molecule has 0 spiro atoms. The number of amides is 1. The van der Waals surface area contributed by atoms with Crippen molar-refractivity contribution >= 4 is 18.0 Å². The number of halogens is 1. The molecule has 1 amide bonds. The summed E-state index contributed by atoms with van der Waals surface area (Å²) in [5.74, 6) is 0.518. The molecule has 1 N–H and O–H groups in total. The number of benzene rings is 1. The highest BCUT2D eigenvalue weighted by Crippen LogP contribution is 2.36. The molecule has 0 radical (unpaired) electrons. The first-order valence-electron chi connectivity index (χ1n) is 26.1. The summed E-state index contributed by atoms with van der Waals surface area (Å²) in [6, 6.07) is 11.2. The molecule has 3 aromatic rings. The molecule has 1 saturated heterocycles. The van der Waals surface area contributed by atoms with Gasteiger partial charge in [0, 0.05) is 48.9 Å². The summed E-state index contributed by atoms with van der Waals surface area (Å²) in [7, 11) is 2.03. The lowest BCUT2D eigenvalue weighted by atomic mass is 9.82. The average Bonchev–Trinajstić information content (AvgIpc) is 4.01. The van der Waals surface area contributed by atoms with Crippen LogP contribution in [0.5, 0.6) is 0 Å². The Morgan fingerprint density at radius 3 is 1.64 bits per heavy atom. The minimum absolute atomic E-state index is 0.0183. The van der Waals surface area contributed by atoms with Gasteiger partial charge in [-0.2, -0.15) is 5.10 Å². The Bertz CT molecular complexity index is 1790. The maximum absolute atomic E-state index is 10.1. The van der Waals surface area contributed by atoms with Gasteiger partial charge in [0.2, 0.25) is 6.41 Å². The number of rotatable bonds is 45. The Labute approximate surface area is 437 Å². The molecule has 22 heteroatoms. The number of aromatic nitrogens is 5. The van der Waals surface area contributed by atoms with E-state index in [9.17, 15) is 4.79 Å². The molecule has 21 nitrogen and oxygen atoms in total. The molecule has 2 fully saturated rings. The highest BCUT2D eigenvalue weighted by molar-refractivity contribution is 6.30. The zero-order valence-electron chi connectivity index (χ0n) is 43.5. The monoisotopic (exact) mass is 1050 g/mol. The van der Waals surface area contributed by atoms with Crippen LogP contribution < -0.4 is 5.32 Å². The number of hydrogen-bond acceptors (Lipinski definition) is 18. The summed E-state index contributed by atoms with van der Waals surface area (Å²) in [6.45, 7) is 16.2. The van der Waals surface area contributed by atoms with E-state index in [-0.39, 0.29) is 6.10 Å². The molecule has 3 heterocycles. The van der Waals surface area contributed by atoms with Crippen molar-refractivity contribution in [3.05, 3.63) is 64.2 Å². The average molecular weight is 1050 g/mol. The highest BCUT2D eigenvalue weighted by Gasteiger charge is 2.36. The molecular formula is C51H84ClN7O14. The molecule has 1 saturated carbocycles. The Morgan fingerprint density at radius 2 is 1.16 bits per heavy atom. The molecule has 0 bridgehead atoms. The van der Waals surface area contributed by atoms with E-state index in [1.807, 2.05) is 30.1 Å². The Kier molecular flexibility index (Phi) is 32.6. The van der Waals surface area contributed by atoms with Crippen LogP contribution in [-0.4, -0.2) is 226 Å². The van der Waals surface area contributed by atoms with Crippen LogP contribution in [0.15, 0.2) is 36.5 Å². The molecule has 2 aliphatic rings. The second kappa shape index (κ2) is 39.2. The molecule has 1 aromatic carbocycles. The first-order chi connectivity index (χ1) is 36.0. The minimum atomic E-state index is -0.0183. The highest BCUT2D eigenvalue weighted by atomic mass is 35.5. The predicted molar refractivity (Wildman–Crippen MR) is 271 cm³/mol. The van der Waals surface area contributed by atoms with Gasteiger partial charge >= 0.3 is 0 Å². The standard InChI is InChI=1S/C51H84ClN7O14/c1-43-35-51(55-57(43)2)45-5-9-48(10-6-45)59-38-50(73-40-49(59)36-44-3-7-46(52)8-4-44)41-72-39-47-37-58(56-54-47)12-14-62-16-18-64-20-22-66-24-26-68-28-30-70-32-34-71-33-31-69-29-27-67-25-23-65-21-19-63-17-15-61-13-11-53-42-60/h3-4,7-8,35,37,42,45,48-50H,5-6,9-34,36,38-41H2,1-2H3,(H,53,60). The van der Waals surface area contributed by atoms with Gasteiger partial charge in [0.15, 0.2) is 0 Å². The number of ether oxygens (including phenoxy) is 13. The van der Waals surface area contributed by atoms with Crippen LogP contribution >= 0.6 is 11.6 Å². The normalized spacial score (nSPS) is 18.5. The minimum Gasteiger partial charge on any atom is -0.377 e. The number of carbonyl (C=O) groups is 1. The summed E-state index contributed by atoms with van der Waals surface area (Å²) in [5.41, 5.74) is 4.49. The van der Waals surface area contributed by atoms with Crippen molar-refractivity contribution in [1.29, 1.82) is 0 Å². The zero-order valence-corrected chi connectivity index (χ0v) is 44.2. The summed E-state index contributed by atoms with van der Waals surface area (Å²) in [5, 5.41) is 16.6. The van der Waals surface area contributed by atoms with E-state index in [1.54, 1.807) is 4.68 Å². The van der Waals surface area contributed by atoms with Crippen LogP contribution in [-0.2, 0) is 93.0 Å². The molecule has 2 unspecified atom stereocenters. The third-order valence-electron chi connectivity index (χ3n) is 12.3. The van der Waals surface area contributed by atoms with Gasteiger partial charge in [0.05, 0.1) is 190 Å². The van der Waals surface area contributed by atoms with Crippen molar-refractivity contribution in [2.45, 2.75) is 76.3 Å². The van der Waals surface area contributed by atoms with E-state index in [0.717, 1.165) is 49.4 Å². The lowest BCUT2D eigenvalue weighted by molar-refractivity contribution is -0.112. The number of morpholine rings is 1.